The molecule has 1 heterocycles. The zero-order valence-electron chi connectivity index (χ0n) is 8.94. The van der Waals surface area contributed by atoms with Gasteiger partial charge in [-0.15, -0.1) is 0 Å². The second kappa shape index (κ2) is 3.56. The molecule has 0 fully saturated rings. The number of nitrogens with one attached hydrogen (secondary N) is 1. The second-order valence-corrected chi connectivity index (χ2v) is 3.91. The van der Waals surface area contributed by atoms with Gasteiger partial charge < -0.3 is 0 Å². The highest BCUT2D eigenvalue weighted by atomic mass is 16.2. The Morgan fingerprint density at radius 2 is 1.41 bits per heavy atom. The largest absolute Gasteiger partial charge is 0.288 e. The van der Waals surface area contributed by atoms with Crippen LogP contribution in [-0.4, -0.2) is 11.8 Å². The number of carbonyl (C=O) groups is 2. The first kappa shape index (κ1) is 9.78. The van der Waals surface area contributed by atoms with Crippen molar-refractivity contribution < 1.29 is 9.59 Å². The third kappa shape index (κ3) is 1.52. The van der Waals surface area contributed by atoms with E-state index in [2.05, 4.69) is 5.32 Å². The summed E-state index contributed by atoms with van der Waals surface area (Å²) >= 11 is 0. The summed E-state index contributed by atoms with van der Waals surface area (Å²) in [7, 11) is 0. The van der Waals surface area contributed by atoms with Crippen LogP contribution < -0.4 is 5.32 Å². The Morgan fingerprint density at radius 1 is 0.706 bits per heavy atom. The van der Waals surface area contributed by atoms with Crippen molar-refractivity contribution in [2.75, 3.05) is 0 Å². The number of amides is 2. The molecule has 3 rings (SSSR count). The zero-order chi connectivity index (χ0) is 11.8. The first-order valence-corrected chi connectivity index (χ1v) is 5.31. The zero-order valence-corrected chi connectivity index (χ0v) is 8.94. The van der Waals surface area contributed by atoms with Gasteiger partial charge in [0.1, 0.15) is 0 Å². The molecule has 1 aliphatic heterocycles. The summed E-state index contributed by atoms with van der Waals surface area (Å²) < 4.78 is 0. The lowest BCUT2D eigenvalue weighted by atomic mass is 10.0. The molecule has 0 aliphatic carbocycles. The number of carbonyl (C=O) groups excluding carboxylic acids is 2. The van der Waals surface area contributed by atoms with E-state index in [9.17, 15) is 9.59 Å². The quantitative estimate of drug-likeness (QED) is 0.753. The lowest BCUT2D eigenvalue weighted by molar-refractivity contribution is 0.0879. The fraction of sp³-hybridized carbons (Fsp3) is 0. The Balaban J connectivity index is 2.15. The van der Waals surface area contributed by atoms with E-state index in [-0.39, 0.29) is 11.8 Å². The van der Waals surface area contributed by atoms with Gasteiger partial charge in [-0.1, -0.05) is 36.4 Å². The number of rotatable bonds is 1. The van der Waals surface area contributed by atoms with E-state index in [1.54, 1.807) is 12.1 Å². The molecule has 1 aliphatic rings. The van der Waals surface area contributed by atoms with Crippen molar-refractivity contribution in [3.05, 3.63) is 59.7 Å². The number of fused-ring (bicyclic) bond motifs is 1. The van der Waals surface area contributed by atoms with Gasteiger partial charge in [-0.2, -0.15) is 0 Å². The maximum absolute atomic E-state index is 11.5. The molecule has 82 valence electrons. The highest BCUT2D eigenvalue weighted by molar-refractivity contribution is 6.21. The van der Waals surface area contributed by atoms with E-state index in [0.717, 1.165) is 11.1 Å². The van der Waals surface area contributed by atoms with Crippen molar-refractivity contribution in [3.8, 4) is 11.1 Å². The van der Waals surface area contributed by atoms with E-state index in [0.29, 0.717) is 11.1 Å². The van der Waals surface area contributed by atoms with Gasteiger partial charge in [-0.3, -0.25) is 14.9 Å². The van der Waals surface area contributed by atoms with Gasteiger partial charge in [0.05, 0.1) is 11.1 Å². The monoisotopic (exact) mass is 223 g/mol. The van der Waals surface area contributed by atoms with E-state index < -0.39 is 0 Å². The molecule has 2 amide bonds. The minimum absolute atomic E-state index is 0.315. The number of benzene rings is 2. The molecular weight excluding hydrogens is 214 g/mol. The summed E-state index contributed by atoms with van der Waals surface area (Å²) in [5.41, 5.74) is 2.88. The Morgan fingerprint density at radius 3 is 2.18 bits per heavy atom. The third-order valence-corrected chi connectivity index (χ3v) is 2.84. The predicted molar refractivity (Wildman–Crippen MR) is 63.7 cm³/mol. The average Bonchev–Trinajstić information content (AvgIpc) is 2.66. The molecule has 0 bridgehead atoms. The summed E-state index contributed by atoms with van der Waals surface area (Å²) in [5.74, 6) is -0.632. The molecule has 2 aromatic rings. The molecule has 2 aromatic carbocycles. The van der Waals surface area contributed by atoms with Gasteiger partial charge >= 0.3 is 0 Å². The van der Waals surface area contributed by atoms with Gasteiger partial charge in [0.2, 0.25) is 0 Å². The molecule has 0 aromatic heterocycles. The molecule has 0 saturated heterocycles. The third-order valence-electron chi connectivity index (χ3n) is 2.84. The minimum Gasteiger partial charge on any atom is -0.288 e. The van der Waals surface area contributed by atoms with Crippen molar-refractivity contribution >= 4 is 11.8 Å². The summed E-state index contributed by atoms with van der Waals surface area (Å²) in [6, 6.07) is 15.1. The van der Waals surface area contributed by atoms with Crippen LogP contribution in [0.5, 0.6) is 0 Å². The van der Waals surface area contributed by atoms with Crippen LogP contribution in [-0.2, 0) is 0 Å². The Bertz CT molecular complexity index is 617. The van der Waals surface area contributed by atoms with Crippen molar-refractivity contribution in [2.45, 2.75) is 0 Å². The molecule has 3 heteroatoms. The normalized spacial score (nSPS) is 13.4. The highest BCUT2D eigenvalue weighted by Gasteiger charge is 2.26. The van der Waals surface area contributed by atoms with Crippen molar-refractivity contribution in [1.82, 2.24) is 5.32 Å². The van der Waals surface area contributed by atoms with E-state index in [4.69, 9.17) is 0 Å². The van der Waals surface area contributed by atoms with Crippen molar-refractivity contribution in [1.29, 1.82) is 0 Å². The van der Waals surface area contributed by atoms with Gasteiger partial charge in [0, 0.05) is 0 Å². The number of hydrogen-bond donors (Lipinski definition) is 1. The van der Waals surface area contributed by atoms with Crippen LogP contribution in [0, 0.1) is 0 Å². The van der Waals surface area contributed by atoms with Gasteiger partial charge in [0.15, 0.2) is 0 Å². The molecule has 0 unspecified atom stereocenters. The average molecular weight is 223 g/mol. The standard InChI is InChI=1S/C14H9NO2/c16-13-11-7-6-10(8-12(11)14(17)15-13)9-4-2-1-3-5-9/h1-8H,(H,15,16,17). The summed E-state index contributed by atoms with van der Waals surface area (Å²) in [6.07, 6.45) is 0. The van der Waals surface area contributed by atoms with Crippen LogP contribution in [0.4, 0.5) is 0 Å². The summed E-state index contributed by atoms with van der Waals surface area (Å²) in [5, 5.41) is 2.28. The Kier molecular flexibility index (Phi) is 2.05. The predicted octanol–water partition coefficient (Wildman–Crippen LogP) is 2.24. The maximum Gasteiger partial charge on any atom is 0.258 e. The molecule has 17 heavy (non-hydrogen) atoms. The number of imide groups is 1. The van der Waals surface area contributed by atoms with Crippen LogP contribution in [0.25, 0.3) is 11.1 Å². The second-order valence-electron chi connectivity index (χ2n) is 3.91. The smallest absolute Gasteiger partial charge is 0.258 e. The lowest BCUT2D eigenvalue weighted by Gasteiger charge is -2.02. The molecule has 3 nitrogen and oxygen atoms in total. The first-order valence-electron chi connectivity index (χ1n) is 5.31. The first-order chi connectivity index (χ1) is 8.25. The van der Waals surface area contributed by atoms with Gasteiger partial charge in [-0.05, 0) is 23.3 Å². The van der Waals surface area contributed by atoms with Crippen LogP contribution in [0.3, 0.4) is 0 Å². The summed E-state index contributed by atoms with van der Waals surface area (Å²) in [4.78, 5) is 22.9. The molecule has 0 saturated carbocycles. The maximum atomic E-state index is 11.5. The van der Waals surface area contributed by atoms with Gasteiger partial charge in [0.25, 0.3) is 11.8 Å². The van der Waals surface area contributed by atoms with Crippen LogP contribution in [0.2, 0.25) is 0 Å². The molecule has 0 spiro atoms. The van der Waals surface area contributed by atoms with Crippen molar-refractivity contribution in [3.63, 3.8) is 0 Å². The van der Waals surface area contributed by atoms with Crippen LogP contribution >= 0.6 is 0 Å². The van der Waals surface area contributed by atoms with E-state index in [1.807, 2.05) is 36.4 Å². The molecule has 0 atom stereocenters. The fourth-order valence-electron chi connectivity index (χ4n) is 1.98. The van der Waals surface area contributed by atoms with E-state index >= 15 is 0 Å². The molecular formula is C14H9NO2. The Labute approximate surface area is 98.1 Å². The molecule has 0 radical (unpaired) electrons. The van der Waals surface area contributed by atoms with Gasteiger partial charge in [-0.25, -0.2) is 0 Å². The van der Waals surface area contributed by atoms with E-state index in [1.165, 1.54) is 0 Å². The summed E-state index contributed by atoms with van der Waals surface area (Å²) in [6.45, 7) is 0. The fourth-order valence-corrected chi connectivity index (χ4v) is 1.98. The number of hydrogen-bond acceptors (Lipinski definition) is 2. The Hall–Kier alpha value is -2.42. The lowest BCUT2D eigenvalue weighted by Crippen LogP contribution is -2.19. The molecule has 1 N–H and O–H groups in total. The SMILES string of the molecule is O=C1NC(=O)c2cc(-c3ccccc3)ccc21. The highest BCUT2D eigenvalue weighted by Crippen LogP contribution is 2.24. The minimum atomic E-state index is -0.317. The topological polar surface area (TPSA) is 46.2 Å². The van der Waals surface area contributed by atoms with Crippen LogP contribution in [0.1, 0.15) is 20.7 Å². The van der Waals surface area contributed by atoms with Crippen molar-refractivity contribution in [2.24, 2.45) is 0 Å². The van der Waals surface area contributed by atoms with Crippen LogP contribution in [0.15, 0.2) is 48.5 Å².